The minimum atomic E-state index is -3.59. The van der Waals surface area contributed by atoms with Gasteiger partial charge in [0.1, 0.15) is 12.3 Å². The van der Waals surface area contributed by atoms with Gasteiger partial charge in [-0.15, -0.1) is 0 Å². The molecule has 1 amide bonds. The van der Waals surface area contributed by atoms with E-state index in [0.717, 1.165) is 23.4 Å². The van der Waals surface area contributed by atoms with Crippen LogP contribution in [0.25, 0.3) is 0 Å². The molecule has 1 aromatic carbocycles. The number of hydrogen-bond acceptors (Lipinski definition) is 4. The van der Waals surface area contributed by atoms with Crippen molar-refractivity contribution < 1.29 is 17.9 Å². The van der Waals surface area contributed by atoms with Crippen LogP contribution in [0.5, 0.6) is 5.75 Å². The minimum absolute atomic E-state index is 0.173. The fourth-order valence-electron chi connectivity index (χ4n) is 2.70. The number of anilines is 1. The molecule has 0 aliphatic carbocycles. The lowest BCUT2D eigenvalue weighted by molar-refractivity contribution is -0.130. The van der Waals surface area contributed by atoms with E-state index in [4.69, 9.17) is 4.74 Å². The summed E-state index contributed by atoms with van der Waals surface area (Å²) in [5.74, 6) is 0.866. The van der Waals surface area contributed by atoms with Crippen LogP contribution in [0, 0.1) is 5.92 Å². The predicted octanol–water partition coefficient (Wildman–Crippen LogP) is 1.72. The summed E-state index contributed by atoms with van der Waals surface area (Å²) in [6, 6.07) is 6.81. The normalized spacial score (nSPS) is 16.2. The second-order valence-electron chi connectivity index (χ2n) is 6.00. The van der Waals surface area contributed by atoms with Gasteiger partial charge in [-0.2, -0.15) is 0 Å². The summed E-state index contributed by atoms with van der Waals surface area (Å²) in [4.78, 5) is 14.3. The van der Waals surface area contributed by atoms with Gasteiger partial charge < -0.3 is 9.64 Å². The summed E-state index contributed by atoms with van der Waals surface area (Å²) in [5, 5.41) is 0. The Morgan fingerprint density at radius 1 is 1.30 bits per heavy atom. The Bertz CT molecular complexity index is 652. The second-order valence-corrected chi connectivity index (χ2v) is 7.91. The Kier molecular flexibility index (Phi) is 5.51. The highest BCUT2D eigenvalue weighted by Crippen LogP contribution is 2.29. The first kappa shape index (κ1) is 17.6. The molecule has 0 atom stereocenters. The molecule has 0 aromatic heterocycles. The summed E-state index contributed by atoms with van der Waals surface area (Å²) in [6.07, 6.45) is 3.02. The summed E-state index contributed by atoms with van der Waals surface area (Å²) in [7, 11) is -2.11. The van der Waals surface area contributed by atoms with E-state index in [1.165, 1.54) is 7.11 Å². The van der Waals surface area contributed by atoms with E-state index >= 15 is 0 Å². The Labute approximate surface area is 138 Å². The number of likely N-dealkylation sites (tertiary alicyclic amines) is 1. The van der Waals surface area contributed by atoms with Crippen molar-refractivity contribution >= 4 is 21.6 Å². The molecule has 23 heavy (non-hydrogen) atoms. The van der Waals surface area contributed by atoms with Gasteiger partial charge in [0.2, 0.25) is 15.9 Å². The van der Waals surface area contributed by atoms with E-state index < -0.39 is 10.0 Å². The average Bonchev–Trinajstić information content (AvgIpc) is 2.52. The van der Waals surface area contributed by atoms with Crippen LogP contribution < -0.4 is 9.04 Å². The van der Waals surface area contributed by atoms with Gasteiger partial charge in [0.15, 0.2) is 0 Å². The molecule has 1 aliphatic heterocycles. The van der Waals surface area contributed by atoms with E-state index in [0.29, 0.717) is 30.4 Å². The monoisotopic (exact) mass is 340 g/mol. The van der Waals surface area contributed by atoms with Gasteiger partial charge in [-0.25, -0.2) is 8.42 Å². The van der Waals surface area contributed by atoms with Crippen molar-refractivity contribution in [2.24, 2.45) is 5.92 Å². The highest BCUT2D eigenvalue weighted by Gasteiger charge is 2.27. The largest absolute Gasteiger partial charge is 0.495 e. The zero-order chi connectivity index (χ0) is 17.0. The van der Waals surface area contributed by atoms with Crippen LogP contribution in [0.4, 0.5) is 5.69 Å². The van der Waals surface area contributed by atoms with Gasteiger partial charge in [-0.1, -0.05) is 19.1 Å². The van der Waals surface area contributed by atoms with E-state index in [1.54, 1.807) is 29.2 Å². The van der Waals surface area contributed by atoms with Gasteiger partial charge in [0.25, 0.3) is 0 Å². The molecule has 2 rings (SSSR count). The summed E-state index contributed by atoms with van der Waals surface area (Å²) < 4.78 is 30.7. The van der Waals surface area contributed by atoms with Gasteiger partial charge in [-0.05, 0) is 30.9 Å². The maximum absolute atomic E-state index is 12.5. The molecule has 0 N–H and O–H groups in total. The SMILES string of the molecule is COc1ccccc1N(CC(=O)N1CCC(C)CC1)S(C)(=O)=O. The third-order valence-electron chi connectivity index (χ3n) is 4.17. The highest BCUT2D eigenvalue weighted by molar-refractivity contribution is 7.92. The number of benzene rings is 1. The fourth-order valence-corrected chi connectivity index (χ4v) is 3.55. The minimum Gasteiger partial charge on any atom is -0.495 e. The number of hydrogen-bond donors (Lipinski definition) is 0. The van der Waals surface area contributed by atoms with E-state index in [-0.39, 0.29) is 12.5 Å². The van der Waals surface area contributed by atoms with Crippen LogP contribution in [0.2, 0.25) is 0 Å². The molecule has 0 saturated carbocycles. The molecule has 1 aromatic rings. The third-order valence-corrected chi connectivity index (χ3v) is 5.30. The smallest absolute Gasteiger partial charge is 0.243 e. The third kappa shape index (κ3) is 4.37. The van der Waals surface area contributed by atoms with Crippen LogP contribution in [-0.2, 0) is 14.8 Å². The first-order valence-corrected chi connectivity index (χ1v) is 9.56. The van der Waals surface area contributed by atoms with Crippen LogP contribution in [0.3, 0.4) is 0 Å². The summed E-state index contributed by atoms with van der Waals surface area (Å²) >= 11 is 0. The number of methoxy groups -OCH3 is 1. The molecule has 0 unspecified atom stereocenters. The standard InChI is InChI=1S/C16H24N2O4S/c1-13-8-10-17(11-9-13)16(19)12-18(23(3,20)21)14-6-4-5-7-15(14)22-2/h4-7,13H,8-12H2,1-3H3. The Hall–Kier alpha value is -1.76. The maximum Gasteiger partial charge on any atom is 0.243 e. The molecular formula is C16H24N2O4S. The molecule has 0 spiro atoms. The van der Waals surface area contributed by atoms with Crippen LogP contribution >= 0.6 is 0 Å². The number of para-hydroxylation sites is 2. The van der Waals surface area contributed by atoms with Crippen molar-refractivity contribution in [3.8, 4) is 5.75 Å². The number of amides is 1. The lowest BCUT2D eigenvalue weighted by Gasteiger charge is -2.32. The predicted molar refractivity (Wildman–Crippen MR) is 90.2 cm³/mol. The van der Waals surface area contributed by atoms with Crippen LogP contribution in [-0.4, -0.2) is 52.2 Å². The number of ether oxygens (including phenoxy) is 1. The Morgan fingerprint density at radius 2 is 1.91 bits per heavy atom. The fraction of sp³-hybridized carbons (Fsp3) is 0.562. The summed E-state index contributed by atoms with van der Waals surface area (Å²) in [6.45, 7) is 3.33. The van der Waals surface area contributed by atoms with Crippen molar-refractivity contribution in [1.82, 2.24) is 4.90 Å². The molecule has 1 saturated heterocycles. The second kappa shape index (κ2) is 7.21. The van der Waals surface area contributed by atoms with Crippen molar-refractivity contribution in [2.75, 3.05) is 37.3 Å². The molecule has 6 nitrogen and oxygen atoms in total. The first-order chi connectivity index (χ1) is 10.8. The molecule has 1 fully saturated rings. The van der Waals surface area contributed by atoms with Crippen LogP contribution in [0.15, 0.2) is 24.3 Å². The Balaban J connectivity index is 2.22. The van der Waals surface area contributed by atoms with Gasteiger partial charge in [0, 0.05) is 13.1 Å². The lowest BCUT2D eigenvalue weighted by Crippen LogP contribution is -2.45. The molecule has 0 radical (unpaired) electrons. The summed E-state index contributed by atoms with van der Waals surface area (Å²) in [5.41, 5.74) is 0.385. The van der Waals surface area contributed by atoms with Gasteiger partial charge >= 0.3 is 0 Å². The number of piperidine rings is 1. The van der Waals surface area contributed by atoms with Gasteiger partial charge in [0.05, 0.1) is 19.1 Å². The zero-order valence-electron chi connectivity index (χ0n) is 13.9. The van der Waals surface area contributed by atoms with E-state index in [1.807, 2.05) is 0 Å². The average molecular weight is 340 g/mol. The number of nitrogens with zero attached hydrogens (tertiary/aromatic N) is 2. The maximum atomic E-state index is 12.5. The molecule has 1 heterocycles. The number of carbonyl (C=O) groups excluding carboxylic acids is 1. The van der Waals surface area contributed by atoms with Crippen molar-refractivity contribution in [3.05, 3.63) is 24.3 Å². The number of rotatable bonds is 5. The highest BCUT2D eigenvalue weighted by atomic mass is 32.2. The number of carbonyl (C=O) groups is 1. The molecule has 7 heteroatoms. The van der Waals surface area contributed by atoms with E-state index in [2.05, 4.69) is 6.92 Å². The Morgan fingerprint density at radius 3 is 2.48 bits per heavy atom. The molecule has 128 valence electrons. The van der Waals surface area contributed by atoms with E-state index in [9.17, 15) is 13.2 Å². The van der Waals surface area contributed by atoms with Gasteiger partial charge in [-0.3, -0.25) is 9.10 Å². The van der Waals surface area contributed by atoms with Crippen LogP contribution in [0.1, 0.15) is 19.8 Å². The number of sulfonamides is 1. The molecule has 0 bridgehead atoms. The topological polar surface area (TPSA) is 66.9 Å². The molecule has 1 aliphatic rings. The van der Waals surface area contributed by atoms with Crippen molar-refractivity contribution in [2.45, 2.75) is 19.8 Å². The van der Waals surface area contributed by atoms with Crippen molar-refractivity contribution in [1.29, 1.82) is 0 Å². The molecular weight excluding hydrogens is 316 g/mol. The quantitative estimate of drug-likeness (QED) is 0.818. The van der Waals surface area contributed by atoms with Crippen molar-refractivity contribution in [3.63, 3.8) is 0 Å². The first-order valence-electron chi connectivity index (χ1n) is 7.71. The lowest BCUT2D eigenvalue weighted by atomic mass is 9.99. The zero-order valence-corrected chi connectivity index (χ0v) is 14.7.